The highest BCUT2D eigenvalue weighted by Gasteiger charge is 2.27. The van der Waals surface area contributed by atoms with Crippen molar-refractivity contribution in [1.29, 1.82) is 0 Å². The minimum absolute atomic E-state index is 0.183. The molecule has 2 aliphatic rings. The molecule has 20 heavy (non-hydrogen) atoms. The highest BCUT2D eigenvalue weighted by atomic mass is 16.2. The number of aryl methyl sites for hydroxylation is 1. The van der Waals surface area contributed by atoms with E-state index >= 15 is 0 Å². The van der Waals surface area contributed by atoms with Gasteiger partial charge in [0.25, 0.3) is 0 Å². The predicted octanol–water partition coefficient (Wildman–Crippen LogP) is 1.40. The molecule has 1 aliphatic heterocycles. The summed E-state index contributed by atoms with van der Waals surface area (Å²) in [6.07, 6.45) is 7.83. The van der Waals surface area contributed by atoms with E-state index in [2.05, 4.69) is 27.0 Å². The van der Waals surface area contributed by atoms with Gasteiger partial charge in [-0.15, -0.1) is 0 Å². The van der Waals surface area contributed by atoms with Crippen molar-refractivity contribution in [2.45, 2.75) is 19.8 Å². The molecule has 0 atom stereocenters. The second-order valence-electron chi connectivity index (χ2n) is 5.41. The number of hydrogen-bond donors (Lipinski definition) is 0. The molecule has 106 valence electrons. The zero-order valence-electron chi connectivity index (χ0n) is 11.8. The molecule has 1 aliphatic carbocycles. The van der Waals surface area contributed by atoms with Gasteiger partial charge in [-0.25, -0.2) is 9.97 Å². The van der Waals surface area contributed by atoms with E-state index in [4.69, 9.17) is 0 Å². The molecular weight excluding hydrogens is 252 g/mol. The van der Waals surface area contributed by atoms with Crippen LogP contribution in [0.15, 0.2) is 24.4 Å². The Hall–Kier alpha value is -1.91. The van der Waals surface area contributed by atoms with E-state index in [0.717, 1.165) is 50.7 Å². The smallest absolute Gasteiger partial charge is 0.226 e. The topological polar surface area (TPSA) is 49.3 Å². The molecule has 0 aromatic carbocycles. The molecule has 3 rings (SSSR count). The molecule has 0 bridgehead atoms. The van der Waals surface area contributed by atoms with Gasteiger partial charge in [0, 0.05) is 38.3 Å². The highest BCUT2D eigenvalue weighted by molar-refractivity contribution is 5.80. The zero-order valence-corrected chi connectivity index (χ0v) is 11.8. The number of allylic oxidation sites excluding steroid dienone is 2. The maximum atomic E-state index is 12.3. The first-order chi connectivity index (χ1) is 9.74. The Morgan fingerprint density at radius 1 is 1.20 bits per heavy atom. The van der Waals surface area contributed by atoms with Crippen molar-refractivity contribution in [1.82, 2.24) is 14.9 Å². The fourth-order valence-electron chi connectivity index (χ4n) is 2.85. The van der Waals surface area contributed by atoms with Crippen molar-refractivity contribution >= 4 is 11.7 Å². The summed E-state index contributed by atoms with van der Waals surface area (Å²) in [7, 11) is 0. The van der Waals surface area contributed by atoms with Gasteiger partial charge in [0.05, 0.1) is 0 Å². The number of amides is 1. The molecule has 0 unspecified atom stereocenters. The number of rotatable bonds is 2. The number of aromatic nitrogens is 2. The van der Waals surface area contributed by atoms with Gasteiger partial charge in [0.2, 0.25) is 5.91 Å². The first-order valence-electron chi connectivity index (χ1n) is 7.22. The van der Waals surface area contributed by atoms with Crippen LogP contribution in [0.4, 0.5) is 5.82 Å². The fraction of sp³-hybridized carbons (Fsp3) is 0.533. The maximum absolute atomic E-state index is 12.3. The summed E-state index contributed by atoms with van der Waals surface area (Å²) in [5.41, 5.74) is 0. The van der Waals surface area contributed by atoms with Gasteiger partial charge in [-0.1, -0.05) is 12.2 Å². The summed E-state index contributed by atoms with van der Waals surface area (Å²) in [4.78, 5) is 25.1. The lowest BCUT2D eigenvalue weighted by Gasteiger charge is -2.36. The lowest BCUT2D eigenvalue weighted by molar-refractivity contribution is -0.135. The average molecular weight is 272 g/mol. The van der Waals surface area contributed by atoms with E-state index in [1.807, 2.05) is 17.9 Å². The number of piperazine rings is 1. The minimum atomic E-state index is 0.183. The van der Waals surface area contributed by atoms with Crippen molar-refractivity contribution in [2.75, 3.05) is 31.1 Å². The molecule has 1 saturated heterocycles. The predicted molar refractivity (Wildman–Crippen MR) is 77.4 cm³/mol. The summed E-state index contributed by atoms with van der Waals surface area (Å²) in [6.45, 7) is 5.18. The Balaban J connectivity index is 1.58. The van der Waals surface area contributed by atoms with Gasteiger partial charge in [-0.3, -0.25) is 4.79 Å². The summed E-state index contributed by atoms with van der Waals surface area (Å²) >= 11 is 0. The van der Waals surface area contributed by atoms with Crippen molar-refractivity contribution in [3.05, 3.63) is 30.2 Å². The number of carbonyl (C=O) groups is 1. The third kappa shape index (κ3) is 2.66. The summed E-state index contributed by atoms with van der Waals surface area (Å²) < 4.78 is 0. The van der Waals surface area contributed by atoms with Crippen LogP contribution in [-0.4, -0.2) is 47.0 Å². The Labute approximate surface area is 119 Å². The van der Waals surface area contributed by atoms with Crippen LogP contribution in [0, 0.1) is 12.8 Å². The third-order valence-corrected chi connectivity index (χ3v) is 4.03. The van der Waals surface area contributed by atoms with E-state index in [0.29, 0.717) is 5.91 Å². The molecule has 0 N–H and O–H groups in total. The highest BCUT2D eigenvalue weighted by Crippen LogP contribution is 2.22. The second kappa shape index (κ2) is 5.61. The van der Waals surface area contributed by atoms with Crippen molar-refractivity contribution in [3.8, 4) is 0 Å². The third-order valence-electron chi connectivity index (χ3n) is 4.03. The summed E-state index contributed by atoms with van der Waals surface area (Å²) in [6, 6.07) is 1.94. The lowest BCUT2D eigenvalue weighted by Crippen LogP contribution is -2.50. The van der Waals surface area contributed by atoms with E-state index in [1.54, 1.807) is 6.20 Å². The molecule has 0 saturated carbocycles. The Kier molecular flexibility index (Phi) is 3.67. The minimum Gasteiger partial charge on any atom is -0.353 e. The van der Waals surface area contributed by atoms with Gasteiger partial charge in [0.1, 0.15) is 11.6 Å². The Morgan fingerprint density at radius 2 is 1.90 bits per heavy atom. The van der Waals surface area contributed by atoms with Crippen LogP contribution in [0.3, 0.4) is 0 Å². The molecule has 1 amide bonds. The number of hydrogen-bond acceptors (Lipinski definition) is 4. The van der Waals surface area contributed by atoms with Gasteiger partial charge < -0.3 is 9.80 Å². The Bertz CT molecular complexity index is 512. The normalized spacial score (nSPS) is 19.6. The number of carbonyl (C=O) groups excluding carboxylic acids is 1. The van der Waals surface area contributed by atoms with Crippen LogP contribution >= 0.6 is 0 Å². The van der Waals surface area contributed by atoms with Gasteiger partial charge in [0.15, 0.2) is 0 Å². The average Bonchev–Trinajstić information content (AvgIpc) is 3.01. The van der Waals surface area contributed by atoms with Gasteiger partial charge in [-0.2, -0.15) is 0 Å². The number of anilines is 1. The molecule has 0 radical (unpaired) electrons. The largest absolute Gasteiger partial charge is 0.353 e. The molecular formula is C15H20N4O. The molecule has 0 spiro atoms. The van der Waals surface area contributed by atoms with Gasteiger partial charge >= 0.3 is 0 Å². The van der Waals surface area contributed by atoms with Crippen LogP contribution in [0.25, 0.3) is 0 Å². The SMILES string of the molecule is Cc1nccc(N2CCN(C(=O)C3CC=CC3)CC2)n1. The molecule has 1 aromatic rings. The standard InChI is InChI=1S/C15H20N4O/c1-12-16-7-6-14(17-12)18-8-10-19(11-9-18)15(20)13-4-2-3-5-13/h2-3,6-7,13H,4-5,8-11H2,1H3. The molecule has 1 aromatic heterocycles. The molecule has 5 nitrogen and oxygen atoms in total. The number of nitrogens with zero attached hydrogens (tertiary/aromatic N) is 4. The van der Waals surface area contributed by atoms with Crippen LogP contribution in [0.1, 0.15) is 18.7 Å². The van der Waals surface area contributed by atoms with Gasteiger partial charge in [-0.05, 0) is 25.8 Å². The van der Waals surface area contributed by atoms with Crippen LogP contribution in [0.5, 0.6) is 0 Å². The van der Waals surface area contributed by atoms with Crippen LogP contribution < -0.4 is 4.90 Å². The summed E-state index contributed by atoms with van der Waals surface area (Å²) in [5, 5.41) is 0. The monoisotopic (exact) mass is 272 g/mol. The van der Waals surface area contributed by atoms with Crippen molar-refractivity contribution in [3.63, 3.8) is 0 Å². The first-order valence-corrected chi connectivity index (χ1v) is 7.22. The van der Waals surface area contributed by atoms with Crippen molar-refractivity contribution in [2.24, 2.45) is 5.92 Å². The van der Waals surface area contributed by atoms with Crippen LogP contribution in [-0.2, 0) is 4.79 Å². The maximum Gasteiger partial charge on any atom is 0.226 e. The zero-order chi connectivity index (χ0) is 13.9. The molecule has 5 heteroatoms. The second-order valence-corrected chi connectivity index (χ2v) is 5.41. The summed E-state index contributed by atoms with van der Waals surface area (Å²) in [5.74, 6) is 2.25. The molecule has 1 fully saturated rings. The van der Waals surface area contributed by atoms with Crippen molar-refractivity contribution < 1.29 is 4.79 Å². The van der Waals surface area contributed by atoms with E-state index in [1.165, 1.54) is 0 Å². The van der Waals surface area contributed by atoms with E-state index in [-0.39, 0.29) is 5.92 Å². The molecule has 2 heterocycles. The first kappa shape index (κ1) is 13.1. The Morgan fingerprint density at radius 3 is 2.55 bits per heavy atom. The fourth-order valence-corrected chi connectivity index (χ4v) is 2.85. The lowest BCUT2D eigenvalue weighted by atomic mass is 10.1. The van der Waals surface area contributed by atoms with E-state index in [9.17, 15) is 4.79 Å². The van der Waals surface area contributed by atoms with E-state index < -0.39 is 0 Å². The quantitative estimate of drug-likeness (QED) is 0.764. The van der Waals surface area contributed by atoms with Crippen LogP contribution in [0.2, 0.25) is 0 Å².